The molecule has 0 saturated carbocycles. The fourth-order valence-corrected chi connectivity index (χ4v) is 2.13. The zero-order chi connectivity index (χ0) is 14.8. The molecule has 0 saturated heterocycles. The minimum Gasteiger partial charge on any atom is -0.268 e. The van der Waals surface area contributed by atoms with E-state index in [4.69, 9.17) is 10.5 Å². The fourth-order valence-electron chi connectivity index (χ4n) is 2.13. The van der Waals surface area contributed by atoms with E-state index in [0.29, 0.717) is 16.6 Å². The Kier molecular flexibility index (Phi) is 2.95. The minimum atomic E-state index is -0.214. The molecule has 3 rings (SSSR count). The summed E-state index contributed by atoms with van der Waals surface area (Å²) in [6.45, 7) is 0. The van der Waals surface area contributed by atoms with Crippen molar-refractivity contribution in [3.8, 4) is 17.8 Å². The normalized spacial score (nSPS) is 10.0. The van der Waals surface area contributed by atoms with Gasteiger partial charge in [0.25, 0.3) is 5.56 Å². The molecule has 0 radical (unpaired) electrons. The van der Waals surface area contributed by atoms with E-state index >= 15 is 0 Å². The zero-order valence-electron chi connectivity index (χ0n) is 10.8. The lowest BCUT2D eigenvalue weighted by Crippen LogP contribution is -2.18. The maximum atomic E-state index is 12.5. The topological polar surface area (TPSA) is 82.5 Å². The van der Waals surface area contributed by atoms with E-state index < -0.39 is 0 Å². The SMILES string of the molecule is N#Cc1ccc(-n2cnc3ccccc3c2=O)cc1C#N. The van der Waals surface area contributed by atoms with Crippen LogP contribution in [-0.4, -0.2) is 9.55 Å². The van der Waals surface area contributed by atoms with Crippen molar-refractivity contribution in [1.82, 2.24) is 9.55 Å². The van der Waals surface area contributed by atoms with Gasteiger partial charge in [0.1, 0.15) is 18.5 Å². The van der Waals surface area contributed by atoms with Crippen LogP contribution in [-0.2, 0) is 0 Å². The Hall–Kier alpha value is -3.44. The van der Waals surface area contributed by atoms with Crippen LogP contribution in [0.2, 0.25) is 0 Å². The Morgan fingerprint density at radius 3 is 2.52 bits per heavy atom. The number of aromatic nitrogens is 2. The molecule has 0 bridgehead atoms. The van der Waals surface area contributed by atoms with Crippen molar-refractivity contribution in [2.24, 2.45) is 0 Å². The standard InChI is InChI=1S/C16H8N4O/c17-8-11-5-6-13(7-12(11)9-18)20-10-19-15-4-2-1-3-14(15)16(20)21/h1-7,10H. The van der Waals surface area contributed by atoms with Gasteiger partial charge in [-0.05, 0) is 30.3 Å². The van der Waals surface area contributed by atoms with Crippen LogP contribution >= 0.6 is 0 Å². The fraction of sp³-hybridized carbons (Fsp3) is 0. The van der Waals surface area contributed by atoms with Crippen LogP contribution in [0.15, 0.2) is 53.6 Å². The predicted octanol–water partition coefficient (Wildman–Crippen LogP) is 2.13. The third-order valence-electron chi connectivity index (χ3n) is 3.19. The number of benzene rings is 2. The van der Waals surface area contributed by atoms with Gasteiger partial charge in [0.2, 0.25) is 0 Å². The summed E-state index contributed by atoms with van der Waals surface area (Å²) in [5.74, 6) is 0. The summed E-state index contributed by atoms with van der Waals surface area (Å²) in [6.07, 6.45) is 1.42. The van der Waals surface area contributed by atoms with Crippen LogP contribution in [0.5, 0.6) is 0 Å². The molecule has 2 aromatic carbocycles. The van der Waals surface area contributed by atoms with Crippen molar-refractivity contribution in [1.29, 1.82) is 10.5 Å². The highest BCUT2D eigenvalue weighted by Crippen LogP contribution is 2.14. The van der Waals surface area contributed by atoms with Crippen LogP contribution in [0.1, 0.15) is 11.1 Å². The lowest BCUT2D eigenvalue weighted by Gasteiger charge is -2.07. The van der Waals surface area contributed by atoms with Gasteiger partial charge in [-0.1, -0.05) is 12.1 Å². The summed E-state index contributed by atoms with van der Waals surface area (Å²) in [5, 5.41) is 18.5. The van der Waals surface area contributed by atoms with Crippen molar-refractivity contribution in [3.05, 3.63) is 70.3 Å². The number of para-hydroxylation sites is 1. The van der Waals surface area contributed by atoms with Crippen molar-refractivity contribution in [2.45, 2.75) is 0 Å². The summed E-state index contributed by atoms with van der Waals surface area (Å²) < 4.78 is 1.37. The summed E-state index contributed by atoms with van der Waals surface area (Å²) in [6, 6.07) is 15.6. The summed E-state index contributed by atoms with van der Waals surface area (Å²) in [4.78, 5) is 16.7. The second kappa shape index (κ2) is 4.92. The van der Waals surface area contributed by atoms with Gasteiger partial charge in [0.15, 0.2) is 0 Å². The van der Waals surface area contributed by atoms with Crippen LogP contribution in [0.4, 0.5) is 0 Å². The third kappa shape index (κ3) is 2.03. The zero-order valence-corrected chi connectivity index (χ0v) is 10.8. The first-order valence-corrected chi connectivity index (χ1v) is 6.15. The molecule has 5 nitrogen and oxygen atoms in total. The molecule has 0 spiro atoms. The number of nitriles is 2. The molecule has 98 valence electrons. The number of fused-ring (bicyclic) bond motifs is 1. The molecular weight excluding hydrogens is 264 g/mol. The monoisotopic (exact) mass is 272 g/mol. The summed E-state index contributed by atoms with van der Waals surface area (Å²) in [5.41, 5.74) is 1.43. The highest BCUT2D eigenvalue weighted by Gasteiger charge is 2.08. The Balaban J connectivity index is 2.27. The molecule has 0 atom stereocenters. The number of hydrogen-bond donors (Lipinski definition) is 0. The molecule has 0 N–H and O–H groups in total. The highest BCUT2D eigenvalue weighted by atomic mass is 16.1. The Morgan fingerprint density at radius 2 is 1.76 bits per heavy atom. The average molecular weight is 272 g/mol. The van der Waals surface area contributed by atoms with E-state index in [1.54, 1.807) is 24.3 Å². The molecular formula is C16H8N4O. The molecule has 0 amide bonds. The molecule has 1 heterocycles. The second-order valence-corrected chi connectivity index (χ2v) is 4.39. The molecule has 0 aliphatic carbocycles. The van der Waals surface area contributed by atoms with Gasteiger partial charge in [0.05, 0.1) is 27.7 Å². The maximum Gasteiger partial charge on any atom is 0.265 e. The molecule has 0 aliphatic rings. The van der Waals surface area contributed by atoms with Crippen LogP contribution < -0.4 is 5.56 Å². The Morgan fingerprint density at radius 1 is 1.00 bits per heavy atom. The van der Waals surface area contributed by atoms with Crippen molar-refractivity contribution >= 4 is 10.9 Å². The lowest BCUT2D eigenvalue weighted by molar-refractivity contribution is 0.962. The van der Waals surface area contributed by atoms with E-state index in [2.05, 4.69) is 4.98 Å². The van der Waals surface area contributed by atoms with Crippen molar-refractivity contribution in [3.63, 3.8) is 0 Å². The summed E-state index contributed by atoms with van der Waals surface area (Å²) in [7, 11) is 0. The second-order valence-electron chi connectivity index (χ2n) is 4.39. The average Bonchev–Trinajstić information content (AvgIpc) is 2.55. The van der Waals surface area contributed by atoms with E-state index in [1.165, 1.54) is 23.0 Å². The van der Waals surface area contributed by atoms with Gasteiger partial charge in [-0.3, -0.25) is 9.36 Å². The number of nitrogens with zero attached hydrogens (tertiary/aromatic N) is 4. The molecule has 3 aromatic rings. The van der Waals surface area contributed by atoms with Gasteiger partial charge in [-0.15, -0.1) is 0 Å². The summed E-state index contributed by atoms with van der Waals surface area (Å²) >= 11 is 0. The van der Waals surface area contributed by atoms with Gasteiger partial charge < -0.3 is 0 Å². The first kappa shape index (κ1) is 12.6. The molecule has 0 fully saturated rings. The quantitative estimate of drug-likeness (QED) is 0.679. The van der Waals surface area contributed by atoms with Gasteiger partial charge in [-0.25, -0.2) is 4.98 Å². The molecule has 5 heteroatoms. The van der Waals surface area contributed by atoms with Gasteiger partial charge in [0, 0.05) is 0 Å². The van der Waals surface area contributed by atoms with E-state index in [1.807, 2.05) is 18.2 Å². The van der Waals surface area contributed by atoms with Crippen LogP contribution in [0.25, 0.3) is 16.6 Å². The van der Waals surface area contributed by atoms with E-state index in [9.17, 15) is 4.79 Å². The highest BCUT2D eigenvalue weighted by molar-refractivity contribution is 5.77. The lowest BCUT2D eigenvalue weighted by atomic mass is 10.1. The van der Waals surface area contributed by atoms with Gasteiger partial charge >= 0.3 is 0 Å². The molecule has 1 aromatic heterocycles. The Labute approximate surface area is 119 Å². The first-order chi connectivity index (χ1) is 10.2. The smallest absolute Gasteiger partial charge is 0.265 e. The molecule has 0 aliphatic heterocycles. The number of hydrogen-bond acceptors (Lipinski definition) is 4. The van der Waals surface area contributed by atoms with Gasteiger partial charge in [-0.2, -0.15) is 10.5 Å². The maximum absolute atomic E-state index is 12.5. The predicted molar refractivity (Wildman–Crippen MR) is 76.8 cm³/mol. The molecule has 21 heavy (non-hydrogen) atoms. The largest absolute Gasteiger partial charge is 0.268 e. The van der Waals surface area contributed by atoms with E-state index in [-0.39, 0.29) is 16.7 Å². The first-order valence-electron chi connectivity index (χ1n) is 6.15. The Bertz CT molecular complexity index is 990. The minimum absolute atomic E-state index is 0.214. The van der Waals surface area contributed by atoms with E-state index in [0.717, 1.165) is 0 Å². The number of rotatable bonds is 1. The van der Waals surface area contributed by atoms with Crippen LogP contribution in [0, 0.1) is 22.7 Å². The van der Waals surface area contributed by atoms with Crippen LogP contribution in [0.3, 0.4) is 0 Å². The third-order valence-corrected chi connectivity index (χ3v) is 3.19. The molecule has 0 unspecified atom stereocenters. The van der Waals surface area contributed by atoms with Crippen molar-refractivity contribution in [2.75, 3.05) is 0 Å². The van der Waals surface area contributed by atoms with Crippen molar-refractivity contribution < 1.29 is 0 Å².